The van der Waals surface area contributed by atoms with Crippen LogP contribution in [-0.4, -0.2) is 33.1 Å². The van der Waals surface area contributed by atoms with Crippen LogP contribution in [0.4, 0.5) is 4.79 Å². The zero-order chi connectivity index (χ0) is 20.5. The summed E-state index contributed by atoms with van der Waals surface area (Å²) in [6.45, 7) is 2.34. The van der Waals surface area contributed by atoms with Gasteiger partial charge in [0.05, 0.1) is 4.91 Å². The van der Waals surface area contributed by atoms with Gasteiger partial charge in [-0.15, -0.1) is 0 Å². The van der Waals surface area contributed by atoms with E-state index in [2.05, 4.69) is 35.8 Å². The Kier molecular flexibility index (Phi) is 4.98. The number of para-hydroxylation sites is 1. The zero-order valence-corrected chi connectivity index (χ0v) is 16.6. The first-order chi connectivity index (χ1) is 13.9. The lowest BCUT2D eigenvalue weighted by Gasteiger charge is -2.08. The summed E-state index contributed by atoms with van der Waals surface area (Å²) in [5, 5.41) is 0.504. The molecule has 3 amide bonds. The zero-order valence-electron chi connectivity index (χ0n) is 15.8. The second kappa shape index (κ2) is 7.60. The number of imide groups is 1. The number of carbonyl (C=O) groups is 3. The number of hydrogen-bond acceptors (Lipinski definition) is 4. The van der Waals surface area contributed by atoms with E-state index in [0.29, 0.717) is 6.54 Å². The molecule has 0 radical (unpaired) electrons. The Hall–Kier alpha value is -3.32. The second-order valence-electron chi connectivity index (χ2n) is 6.95. The number of hydrogen-bond donors (Lipinski definition) is 1. The lowest BCUT2D eigenvalue weighted by atomic mass is 10.1. The third-order valence-corrected chi connectivity index (χ3v) is 5.67. The highest BCUT2D eigenvalue weighted by Gasteiger charge is 2.36. The molecule has 1 saturated heterocycles. The quantitative estimate of drug-likeness (QED) is 0.658. The Morgan fingerprint density at radius 1 is 1.10 bits per heavy atom. The van der Waals surface area contributed by atoms with E-state index in [0.717, 1.165) is 33.1 Å². The van der Waals surface area contributed by atoms with Crippen molar-refractivity contribution in [3.05, 3.63) is 76.3 Å². The summed E-state index contributed by atoms with van der Waals surface area (Å²) in [6, 6.07) is 16.3. The molecule has 0 unspecified atom stereocenters. The van der Waals surface area contributed by atoms with Crippen LogP contribution in [0.1, 0.15) is 16.7 Å². The average molecular weight is 405 g/mol. The van der Waals surface area contributed by atoms with Gasteiger partial charge in [0, 0.05) is 29.2 Å². The minimum Gasteiger partial charge on any atom is -0.368 e. The van der Waals surface area contributed by atoms with E-state index in [1.165, 1.54) is 11.1 Å². The van der Waals surface area contributed by atoms with Crippen molar-refractivity contribution in [3.8, 4) is 0 Å². The molecule has 2 heterocycles. The van der Waals surface area contributed by atoms with Crippen LogP contribution in [0, 0.1) is 6.92 Å². The van der Waals surface area contributed by atoms with Gasteiger partial charge in [-0.1, -0.05) is 48.0 Å². The predicted molar refractivity (Wildman–Crippen MR) is 114 cm³/mol. The molecule has 6 nitrogen and oxygen atoms in total. The monoisotopic (exact) mass is 405 g/mol. The standard InChI is InChI=1S/C22H19N3O3S/c1-14-6-8-15(9-7-14)11-24-12-16(17-4-2-3-5-18(17)24)10-19-21(27)25(13-20(23)26)22(28)29-19/h2-10,12H,11,13H2,1H3,(H2,23,26)/b19-10-. The topological polar surface area (TPSA) is 85.4 Å². The number of benzene rings is 2. The highest BCUT2D eigenvalue weighted by atomic mass is 32.2. The van der Waals surface area contributed by atoms with Crippen molar-refractivity contribution < 1.29 is 14.4 Å². The first-order valence-corrected chi connectivity index (χ1v) is 9.91. The molecule has 1 fully saturated rings. The first-order valence-electron chi connectivity index (χ1n) is 9.09. The Balaban J connectivity index is 1.70. The summed E-state index contributed by atoms with van der Waals surface area (Å²) < 4.78 is 2.12. The number of aryl methyl sites for hydroxylation is 1. The smallest absolute Gasteiger partial charge is 0.294 e. The van der Waals surface area contributed by atoms with Crippen molar-refractivity contribution in [2.45, 2.75) is 13.5 Å². The summed E-state index contributed by atoms with van der Waals surface area (Å²) in [5.41, 5.74) is 9.40. The number of rotatable bonds is 5. The Morgan fingerprint density at radius 3 is 2.55 bits per heavy atom. The highest BCUT2D eigenvalue weighted by molar-refractivity contribution is 8.18. The van der Waals surface area contributed by atoms with Gasteiger partial charge in [0.15, 0.2) is 0 Å². The molecule has 2 aromatic carbocycles. The fourth-order valence-corrected chi connectivity index (χ4v) is 4.17. The Labute approximate surface area is 172 Å². The van der Waals surface area contributed by atoms with Crippen LogP contribution >= 0.6 is 11.8 Å². The molecule has 7 heteroatoms. The minimum absolute atomic E-state index is 0.287. The maximum absolute atomic E-state index is 12.5. The summed E-state index contributed by atoms with van der Waals surface area (Å²) in [7, 11) is 0. The molecular weight excluding hydrogens is 386 g/mol. The third kappa shape index (κ3) is 3.82. The normalized spacial score (nSPS) is 15.6. The third-order valence-electron chi connectivity index (χ3n) is 4.77. The van der Waals surface area contributed by atoms with Gasteiger partial charge in [-0.3, -0.25) is 19.3 Å². The average Bonchev–Trinajstić information content (AvgIpc) is 3.16. The van der Waals surface area contributed by atoms with Crippen LogP contribution in [0.3, 0.4) is 0 Å². The minimum atomic E-state index is -0.719. The van der Waals surface area contributed by atoms with Gasteiger partial charge in [0.1, 0.15) is 6.54 Å². The SMILES string of the molecule is Cc1ccc(Cn2cc(/C=C3\SC(=O)N(CC(N)=O)C3=O)c3ccccc32)cc1. The van der Waals surface area contributed by atoms with Crippen molar-refractivity contribution in [3.63, 3.8) is 0 Å². The van der Waals surface area contributed by atoms with Crippen molar-refractivity contribution in [1.29, 1.82) is 0 Å². The second-order valence-corrected chi connectivity index (χ2v) is 7.94. The van der Waals surface area contributed by atoms with Gasteiger partial charge in [-0.05, 0) is 36.4 Å². The summed E-state index contributed by atoms with van der Waals surface area (Å²) in [4.78, 5) is 36.9. The molecule has 3 aromatic rings. The summed E-state index contributed by atoms with van der Waals surface area (Å²) in [5.74, 6) is -1.21. The van der Waals surface area contributed by atoms with Gasteiger partial charge in [-0.25, -0.2) is 0 Å². The van der Waals surface area contributed by atoms with Crippen LogP contribution in [0.25, 0.3) is 17.0 Å². The van der Waals surface area contributed by atoms with Crippen LogP contribution in [0.15, 0.2) is 59.6 Å². The van der Waals surface area contributed by atoms with Gasteiger partial charge in [0.2, 0.25) is 5.91 Å². The molecular formula is C22H19N3O3S. The van der Waals surface area contributed by atoms with Crippen LogP contribution in [0.2, 0.25) is 0 Å². The Morgan fingerprint density at radius 2 is 1.83 bits per heavy atom. The van der Waals surface area contributed by atoms with Crippen LogP contribution < -0.4 is 5.73 Å². The maximum Gasteiger partial charge on any atom is 0.294 e. The van der Waals surface area contributed by atoms with E-state index in [4.69, 9.17) is 5.73 Å². The first kappa shape index (κ1) is 19.0. The number of fused-ring (bicyclic) bond motifs is 1. The molecule has 4 rings (SSSR count). The van der Waals surface area contributed by atoms with E-state index < -0.39 is 23.6 Å². The number of carbonyl (C=O) groups excluding carboxylic acids is 3. The van der Waals surface area contributed by atoms with Gasteiger partial charge >= 0.3 is 0 Å². The van der Waals surface area contributed by atoms with Crippen LogP contribution in [-0.2, 0) is 16.1 Å². The van der Waals surface area contributed by atoms with Gasteiger partial charge in [-0.2, -0.15) is 0 Å². The predicted octanol–water partition coefficient (Wildman–Crippen LogP) is 3.52. The van der Waals surface area contributed by atoms with Gasteiger partial charge in [0.25, 0.3) is 11.1 Å². The van der Waals surface area contributed by atoms with E-state index in [9.17, 15) is 14.4 Å². The number of aromatic nitrogens is 1. The van der Waals surface area contributed by atoms with Crippen molar-refractivity contribution in [2.24, 2.45) is 5.73 Å². The molecule has 0 spiro atoms. The van der Waals surface area contributed by atoms with E-state index in [-0.39, 0.29) is 4.91 Å². The van der Waals surface area contributed by atoms with Gasteiger partial charge < -0.3 is 10.3 Å². The van der Waals surface area contributed by atoms with E-state index in [1.54, 1.807) is 6.08 Å². The van der Waals surface area contributed by atoms with E-state index in [1.807, 2.05) is 30.5 Å². The van der Waals surface area contributed by atoms with E-state index >= 15 is 0 Å². The number of thioether (sulfide) groups is 1. The number of amides is 3. The maximum atomic E-state index is 12.5. The largest absolute Gasteiger partial charge is 0.368 e. The molecule has 0 aliphatic carbocycles. The molecule has 1 aliphatic heterocycles. The molecule has 146 valence electrons. The molecule has 1 aliphatic rings. The molecule has 0 saturated carbocycles. The fourth-order valence-electron chi connectivity index (χ4n) is 3.34. The van der Waals surface area contributed by atoms with Crippen molar-refractivity contribution in [1.82, 2.24) is 9.47 Å². The van der Waals surface area contributed by atoms with Crippen LogP contribution in [0.5, 0.6) is 0 Å². The lowest BCUT2D eigenvalue weighted by molar-refractivity contribution is -0.127. The molecule has 29 heavy (non-hydrogen) atoms. The lowest BCUT2D eigenvalue weighted by Crippen LogP contribution is -2.36. The molecule has 0 bridgehead atoms. The molecule has 2 N–H and O–H groups in total. The fraction of sp³-hybridized carbons (Fsp3) is 0.136. The number of nitrogens with zero attached hydrogens (tertiary/aromatic N) is 2. The van der Waals surface area contributed by atoms with Crippen molar-refractivity contribution in [2.75, 3.05) is 6.54 Å². The number of primary amides is 1. The summed E-state index contributed by atoms with van der Waals surface area (Å²) >= 11 is 0.824. The number of nitrogens with two attached hydrogens (primary N) is 1. The molecule has 1 aromatic heterocycles. The summed E-state index contributed by atoms with van der Waals surface area (Å²) in [6.07, 6.45) is 3.69. The Bertz CT molecular complexity index is 1160. The molecule has 0 atom stereocenters. The highest BCUT2D eigenvalue weighted by Crippen LogP contribution is 2.34. The van der Waals surface area contributed by atoms with Crippen molar-refractivity contribution >= 4 is 45.8 Å².